The third kappa shape index (κ3) is 1.90. The van der Waals surface area contributed by atoms with E-state index in [-0.39, 0.29) is 0 Å². The summed E-state index contributed by atoms with van der Waals surface area (Å²) in [5, 5.41) is 2.65. The monoisotopic (exact) mass is 271 g/mol. The largest absolute Gasteiger partial charge is 0.326 e. The van der Waals surface area contributed by atoms with Crippen LogP contribution in [0.1, 0.15) is 28.2 Å². The van der Waals surface area contributed by atoms with Gasteiger partial charge in [0.25, 0.3) is 0 Å². The van der Waals surface area contributed by atoms with Gasteiger partial charge < -0.3 is 5.73 Å². The molecule has 3 aromatic rings. The van der Waals surface area contributed by atoms with Crippen molar-refractivity contribution < 1.29 is 0 Å². The van der Waals surface area contributed by atoms with Crippen molar-refractivity contribution in [1.82, 2.24) is 0 Å². The Hall–Kier alpha value is -2.38. The number of benzene rings is 3. The van der Waals surface area contributed by atoms with Crippen molar-refractivity contribution >= 4 is 16.8 Å². The fourth-order valence-electron chi connectivity index (χ4n) is 3.35. The zero-order valence-electron chi connectivity index (χ0n) is 11.8. The van der Waals surface area contributed by atoms with Gasteiger partial charge in [0.05, 0.1) is 0 Å². The van der Waals surface area contributed by atoms with Crippen LogP contribution in [-0.2, 0) is 6.54 Å². The zero-order chi connectivity index (χ0) is 14.2. The summed E-state index contributed by atoms with van der Waals surface area (Å²) in [6.45, 7) is 0.583. The lowest BCUT2D eigenvalue weighted by Gasteiger charge is -2.23. The summed E-state index contributed by atoms with van der Waals surface area (Å²) >= 11 is 0. The maximum atomic E-state index is 5.90. The Morgan fingerprint density at radius 2 is 1.71 bits per heavy atom. The molecule has 0 fully saturated rings. The average molecular weight is 271 g/mol. The Bertz CT molecular complexity index is 831. The molecule has 3 aromatic carbocycles. The maximum absolute atomic E-state index is 5.90. The van der Waals surface area contributed by atoms with Gasteiger partial charge in [-0.3, -0.25) is 0 Å². The van der Waals surface area contributed by atoms with Gasteiger partial charge in [-0.25, -0.2) is 0 Å². The summed E-state index contributed by atoms with van der Waals surface area (Å²) in [5.41, 5.74) is 11.1. The smallest absolute Gasteiger partial charge is 0.0279 e. The van der Waals surface area contributed by atoms with Crippen LogP contribution in [0.5, 0.6) is 0 Å². The molecule has 0 spiro atoms. The molecular formula is C20H17N. The topological polar surface area (TPSA) is 26.0 Å². The minimum absolute atomic E-state index is 0.329. The zero-order valence-corrected chi connectivity index (χ0v) is 11.8. The van der Waals surface area contributed by atoms with Crippen LogP contribution in [0.25, 0.3) is 16.8 Å². The van der Waals surface area contributed by atoms with Crippen LogP contribution in [0.15, 0.2) is 66.7 Å². The molecule has 0 aromatic heterocycles. The quantitative estimate of drug-likeness (QED) is 0.731. The van der Waals surface area contributed by atoms with Gasteiger partial charge in [0.1, 0.15) is 0 Å². The molecule has 0 saturated carbocycles. The molecule has 2 N–H and O–H groups in total. The standard InChI is InChI=1S/C20H17N/c21-13-16-10-9-15-7-4-8-19-17(11-12-18(16)20(15)19)14-5-2-1-3-6-14/h1-12,17H,13,21H2. The van der Waals surface area contributed by atoms with Gasteiger partial charge >= 0.3 is 0 Å². The van der Waals surface area contributed by atoms with E-state index in [1.807, 2.05) is 0 Å². The van der Waals surface area contributed by atoms with Gasteiger partial charge in [0, 0.05) is 12.5 Å². The summed E-state index contributed by atoms with van der Waals surface area (Å²) in [6, 6.07) is 21.6. The van der Waals surface area contributed by atoms with E-state index in [9.17, 15) is 0 Å². The first-order chi connectivity index (χ1) is 10.4. The van der Waals surface area contributed by atoms with E-state index in [4.69, 9.17) is 5.73 Å². The van der Waals surface area contributed by atoms with Gasteiger partial charge in [-0.1, -0.05) is 72.8 Å². The molecule has 1 heteroatoms. The van der Waals surface area contributed by atoms with Crippen molar-refractivity contribution in [2.45, 2.75) is 12.5 Å². The van der Waals surface area contributed by atoms with Crippen LogP contribution in [0.2, 0.25) is 0 Å². The van der Waals surface area contributed by atoms with Gasteiger partial charge in [-0.15, -0.1) is 0 Å². The highest BCUT2D eigenvalue weighted by Crippen LogP contribution is 2.39. The van der Waals surface area contributed by atoms with Gasteiger partial charge in [0.2, 0.25) is 0 Å². The van der Waals surface area contributed by atoms with Crippen molar-refractivity contribution in [2.75, 3.05) is 0 Å². The molecule has 1 nitrogen and oxygen atoms in total. The van der Waals surface area contributed by atoms with E-state index in [0.29, 0.717) is 12.5 Å². The Kier molecular flexibility index (Phi) is 2.87. The maximum Gasteiger partial charge on any atom is 0.0279 e. The molecule has 0 saturated heterocycles. The molecule has 1 unspecified atom stereocenters. The Morgan fingerprint density at radius 3 is 2.52 bits per heavy atom. The van der Waals surface area contributed by atoms with Crippen molar-refractivity contribution in [1.29, 1.82) is 0 Å². The highest BCUT2D eigenvalue weighted by Gasteiger charge is 2.20. The van der Waals surface area contributed by atoms with Crippen LogP contribution in [0.4, 0.5) is 0 Å². The molecule has 102 valence electrons. The van der Waals surface area contributed by atoms with Crippen LogP contribution in [0, 0.1) is 0 Å². The molecule has 1 atom stereocenters. The second kappa shape index (κ2) is 4.87. The highest BCUT2D eigenvalue weighted by atomic mass is 14.5. The third-order valence-electron chi connectivity index (χ3n) is 4.38. The SMILES string of the molecule is NCc1ccc2cccc3c2c1C=CC3c1ccccc1. The molecule has 0 bridgehead atoms. The lowest BCUT2D eigenvalue weighted by Crippen LogP contribution is -2.07. The first kappa shape index (κ1) is 12.4. The minimum Gasteiger partial charge on any atom is -0.326 e. The fraction of sp³-hybridized carbons (Fsp3) is 0.100. The average Bonchev–Trinajstić information content (AvgIpc) is 2.56. The summed E-state index contributed by atoms with van der Waals surface area (Å²) < 4.78 is 0. The summed E-state index contributed by atoms with van der Waals surface area (Å²) in [6.07, 6.45) is 4.54. The van der Waals surface area contributed by atoms with E-state index in [1.54, 1.807) is 0 Å². The lowest BCUT2D eigenvalue weighted by molar-refractivity contribution is 1.02. The molecule has 0 amide bonds. The van der Waals surface area contributed by atoms with Gasteiger partial charge in [-0.05, 0) is 33.0 Å². The predicted octanol–water partition coefficient (Wildman–Crippen LogP) is 4.46. The molecule has 0 heterocycles. The number of rotatable bonds is 2. The van der Waals surface area contributed by atoms with E-state index in [1.165, 1.54) is 33.0 Å². The first-order valence-electron chi connectivity index (χ1n) is 7.36. The minimum atomic E-state index is 0.329. The Morgan fingerprint density at radius 1 is 0.857 bits per heavy atom. The van der Waals surface area contributed by atoms with E-state index in [0.717, 1.165) is 0 Å². The third-order valence-corrected chi connectivity index (χ3v) is 4.38. The second-order valence-corrected chi connectivity index (χ2v) is 5.54. The van der Waals surface area contributed by atoms with Crippen molar-refractivity contribution in [2.24, 2.45) is 5.73 Å². The van der Waals surface area contributed by atoms with E-state index in [2.05, 4.69) is 72.8 Å². The predicted molar refractivity (Wildman–Crippen MR) is 89.2 cm³/mol. The highest BCUT2D eigenvalue weighted by molar-refractivity contribution is 5.97. The summed E-state index contributed by atoms with van der Waals surface area (Å²) in [5.74, 6) is 0.329. The molecule has 1 aliphatic rings. The van der Waals surface area contributed by atoms with Crippen LogP contribution in [-0.4, -0.2) is 0 Å². The van der Waals surface area contributed by atoms with Gasteiger partial charge in [0.15, 0.2) is 0 Å². The van der Waals surface area contributed by atoms with Crippen LogP contribution >= 0.6 is 0 Å². The number of hydrogen-bond donors (Lipinski definition) is 1. The molecule has 21 heavy (non-hydrogen) atoms. The van der Waals surface area contributed by atoms with Gasteiger partial charge in [-0.2, -0.15) is 0 Å². The second-order valence-electron chi connectivity index (χ2n) is 5.54. The Balaban J connectivity index is 2.01. The Labute approximate surface area is 124 Å². The van der Waals surface area contributed by atoms with Crippen molar-refractivity contribution in [3.05, 3.63) is 89.0 Å². The molecular weight excluding hydrogens is 254 g/mol. The van der Waals surface area contributed by atoms with E-state index >= 15 is 0 Å². The van der Waals surface area contributed by atoms with Crippen molar-refractivity contribution in [3.8, 4) is 0 Å². The number of nitrogens with two attached hydrogens (primary N) is 1. The van der Waals surface area contributed by atoms with Crippen LogP contribution < -0.4 is 5.73 Å². The van der Waals surface area contributed by atoms with Crippen molar-refractivity contribution in [3.63, 3.8) is 0 Å². The molecule has 4 rings (SSSR count). The normalized spacial score (nSPS) is 16.3. The van der Waals surface area contributed by atoms with E-state index < -0.39 is 0 Å². The fourth-order valence-corrected chi connectivity index (χ4v) is 3.35. The molecule has 0 aliphatic heterocycles. The number of hydrogen-bond acceptors (Lipinski definition) is 1. The number of allylic oxidation sites excluding steroid dienone is 1. The summed E-state index contributed by atoms with van der Waals surface area (Å²) in [7, 11) is 0. The lowest BCUT2D eigenvalue weighted by atomic mass is 9.81. The summed E-state index contributed by atoms with van der Waals surface area (Å²) in [4.78, 5) is 0. The first-order valence-corrected chi connectivity index (χ1v) is 7.36. The molecule has 0 radical (unpaired) electrons. The molecule has 1 aliphatic carbocycles. The van der Waals surface area contributed by atoms with Crippen LogP contribution in [0.3, 0.4) is 0 Å².